The second-order valence-corrected chi connectivity index (χ2v) is 2.50. The van der Waals surface area contributed by atoms with Crippen LogP contribution in [0, 0.1) is 0 Å². The van der Waals surface area contributed by atoms with E-state index >= 15 is 0 Å². The highest BCUT2D eigenvalue weighted by molar-refractivity contribution is 9.09. The van der Waals surface area contributed by atoms with Crippen LogP contribution in [0.2, 0.25) is 0 Å². The molecule has 0 heterocycles. The predicted octanol–water partition coefficient (Wildman–Crippen LogP) is 1.41. The van der Waals surface area contributed by atoms with Crippen molar-refractivity contribution in [2.24, 2.45) is 5.11 Å². The van der Waals surface area contributed by atoms with Crippen molar-refractivity contribution >= 4 is 26.9 Å². The normalized spacial score (nSPS) is 7.70. The molecule has 0 radical (unpaired) electrons. The molecule has 0 saturated heterocycles. The highest BCUT2D eigenvalue weighted by Crippen LogP contribution is 1.97. The molecule has 0 atom stereocenters. The van der Waals surface area contributed by atoms with Crippen LogP contribution in [0.1, 0.15) is 19.3 Å². The minimum Gasteiger partial charge on any atom is -0.0940 e. The van der Waals surface area contributed by atoms with Crippen LogP contribution in [-0.4, -0.2) is 22.8 Å². The van der Waals surface area contributed by atoms with Gasteiger partial charge in [0.05, 0.1) is 0 Å². The smallest absolute Gasteiger partial charge is 0.0257 e. The van der Waals surface area contributed by atoms with Gasteiger partial charge in [0, 0.05) is 16.8 Å². The van der Waals surface area contributed by atoms with Crippen molar-refractivity contribution in [3.8, 4) is 0 Å². The van der Waals surface area contributed by atoms with Crippen LogP contribution in [0.25, 0.3) is 10.4 Å². The Hall–Kier alpha value is 0.00688. The zero-order chi connectivity index (χ0) is 6.95. The molecule has 0 bridgehead atoms. The average Bonchev–Trinajstić information content (AvgIpc) is 1.89. The van der Waals surface area contributed by atoms with Gasteiger partial charge in [-0.15, -0.1) is 0 Å². The summed E-state index contributed by atoms with van der Waals surface area (Å²) in [6.07, 6.45) is 3.32. The summed E-state index contributed by atoms with van der Waals surface area (Å²) < 4.78 is 0. The second kappa shape index (κ2) is 11.8. The van der Waals surface area contributed by atoms with Gasteiger partial charge in [-0.2, -0.15) is 0 Å². The lowest BCUT2D eigenvalue weighted by Crippen LogP contribution is -1.80. The van der Waals surface area contributed by atoms with E-state index in [1.807, 2.05) is 0 Å². The van der Waals surface area contributed by atoms with Crippen molar-refractivity contribution in [1.29, 1.82) is 0 Å². The number of hydrogen-bond acceptors (Lipinski definition) is 1. The molecule has 0 fully saturated rings. The third-order valence-electron chi connectivity index (χ3n) is 0.955. The Morgan fingerprint density at radius 2 is 2.00 bits per heavy atom. The van der Waals surface area contributed by atoms with E-state index in [1.165, 1.54) is 6.42 Å². The molecule has 3 nitrogen and oxygen atoms in total. The van der Waals surface area contributed by atoms with Crippen molar-refractivity contribution in [2.45, 2.75) is 19.3 Å². The molecule has 0 aliphatic heterocycles. The highest BCUT2D eigenvalue weighted by atomic mass is 79.9. The van der Waals surface area contributed by atoms with Gasteiger partial charge in [-0.1, -0.05) is 27.5 Å². The summed E-state index contributed by atoms with van der Waals surface area (Å²) in [5, 5.41) is 4.45. The van der Waals surface area contributed by atoms with Crippen molar-refractivity contribution in [2.75, 3.05) is 11.9 Å². The van der Waals surface area contributed by atoms with Crippen LogP contribution in [-0.2, 0) is 0 Å². The van der Waals surface area contributed by atoms with E-state index < -0.39 is 0 Å². The van der Waals surface area contributed by atoms with Gasteiger partial charge in [-0.25, -0.2) is 0 Å². The Morgan fingerprint density at radius 1 is 1.30 bits per heavy atom. The maximum absolute atomic E-state index is 7.87. The molecule has 0 N–H and O–H groups in total. The first-order valence-electron chi connectivity index (χ1n) is 2.98. The Labute approximate surface area is 74.0 Å². The van der Waals surface area contributed by atoms with Crippen LogP contribution < -0.4 is 0 Å². The molecule has 5 heteroatoms. The molecule has 0 aromatic heterocycles. The molecule has 0 amide bonds. The van der Waals surface area contributed by atoms with E-state index in [0.29, 0.717) is 6.54 Å². The Balaban J connectivity index is 0. The first-order chi connectivity index (χ1) is 4.41. The van der Waals surface area contributed by atoms with E-state index in [4.69, 9.17) is 5.53 Å². The van der Waals surface area contributed by atoms with E-state index in [-0.39, 0.29) is 11.0 Å². The van der Waals surface area contributed by atoms with E-state index in [0.717, 1.165) is 18.2 Å². The van der Waals surface area contributed by atoms with Crippen molar-refractivity contribution in [1.82, 2.24) is 0 Å². The largest absolute Gasteiger partial charge is 0.0940 e. The fourth-order valence-corrected chi connectivity index (χ4v) is 0.895. The number of azide groups is 1. The molecule has 0 saturated carbocycles. The number of rotatable bonds is 5. The predicted molar refractivity (Wildman–Crippen MR) is 53.0 cm³/mol. The summed E-state index contributed by atoms with van der Waals surface area (Å²) in [5.74, 6) is 0. The molecule has 10 heavy (non-hydrogen) atoms. The molecular formula is C5H14BrN3Si. The topological polar surface area (TPSA) is 48.8 Å². The van der Waals surface area contributed by atoms with Gasteiger partial charge in [0.15, 0.2) is 0 Å². The summed E-state index contributed by atoms with van der Waals surface area (Å²) >= 11 is 3.32. The van der Waals surface area contributed by atoms with Gasteiger partial charge in [0.25, 0.3) is 0 Å². The molecule has 0 aliphatic rings. The molecule has 0 aliphatic carbocycles. The van der Waals surface area contributed by atoms with Crippen molar-refractivity contribution in [3.05, 3.63) is 10.4 Å². The first-order valence-corrected chi connectivity index (χ1v) is 4.10. The quantitative estimate of drug-likeness (QED) is 0.169. The Morgan fingerprint density at radius 3 is 2.50 bits per heavy atom. The molecule has 0 aromatic rings. The standard InChI is InChI=1S/C5H10BrN3.H4Si/c6-4-2-1-3-5-8-9-7;/h1-5H2;1H4. The average molecular weight is 224 g/mol. The van der Waals surface area contributed by atoms with Crippen molar-refractivity contribution in [3.63, 3.8) is 0 Å². The molecule has 0 rings (SSSR count). The van der Waals surface area contributed by atoms with Crippen LogP contribution >= 0.6 is 15.9 Å². The van der Waals surface area contributed by atoms with Gasteiger partial charge in [-0.05, 0) is 29.3 Å². The number of hydrogen-bond donors (Lipinski definition) is 0. The first kappa shape index (κ1) is 12.7. The number of halogens is 1. The third-order valence-corrected chi connectivity index (χ3v) is 1.52. The van der Waals surface area contributed by atoms with Crippen molar-refractivity contribution < 1.29 is 0 Å². The fraction of sp³-hybridized carbons (Fsp3) is 1.00. The number of unbranched alkanes of at least 4 members (excludes halogenated alkanes) is 2. The lowest BCUT2D eigenvalue weighted by Gasteiger charge is -1.90. The van der Waals surface area contributed by atoms with Crippen LogP contribution in [0.3, 0.4) is 0 Å². The molecule has 0 spiro atoms. The lowest BCUT2D eigenvalue weighted by atomic mass is 10.3. The number of alkyl halides is 1. The zero-order valence-electron chi connectivity index (χ0n) is 5.26. The minimum atomic E-state index is 0. The van der Waals surface area contributed by atoms with Gasteiger partial charge >= 0.3 is 0 Å². The zero-order valence-corrected chi connectivity index (χ0v) is 6.84. The maximum atomic E-state index is 7.87. The Kier molecular flexibility index (Phi) is 14.9. The summed E-state index contributed by atoms with van der Waals surface area (Å²) in [7, 11) is 0. The number of nitrogens with zero attached hydrogens (tertiary/aromatic N) is 3. The second-order valence-electron chi connectivity index (χ2n) is 1.70. The fourth-order valence-electron chi connectivity index (χ4n) is 0.499. The molecule has 60 valence electrons. The summed E-state index contributed by atoms with van der Waals surface area (Å²) in [6.45, 7) is 0.642. The van der Waals surface area contributed by atoms with Gasteiger partial charge in [0.2, 0.25) is 0 Å². The minimum absolute atomic E-state index is 0. The van der Waals surface area contributed by atoms with E-state index in [9.17, 15) is 0 Å². The maximum Gasteiger partial charge on any atom is 0.0257 e. The molecule has 0 unspecified atom stereocenters. The SMILES string of the molecule is [N-]=[N+]=NCCCCCBr.[SiH4]. The third kappa shape index (κ3) is 10.9. The Bertz CT molecular complexity index is 103. The molecular weight excluding hydrogens is 210 g/mol. The van der Waals surface area contributed by atoms with Crippen LogP contribution in [0.15, 0.2) is 5.11 Å². The monoisotopic (exact) mass is 223 g/mol. The highest BCUT2D eigenvalue weighted by Gasteiger charge is 1.83. The van der Waals surface area contributed by atoms with Crippen LogP contribution in [0.5, 0.6) is 0 Å². The van der Waals surface area contributed by atoms with Crippen LogP contribution in [0.4, 0.5) is 0 Å². The van der Waals surface area contributed by atoms with Gasteiger partial charge in [0.1, 0.15) is 0 Å². The van der Waals surface area contributed by atoms with Gasteiger partial charge in [-0.3, -0.25) is 0 Å². The summed E-state index contributed by atoms with van der Waals surface area (Å²) in [6, 6.07) is 0. The van der Waals surface area contributed by atoms with E-state index in [1.54, 1.807) is 0 Å². The van der Waals surface area contributed by atoms with E-state index in [2.05, 4.69) is 26.0 Å². The lowest BCUT2D eigenvalue weighted by molar-refractivity contribution is 0.732. The molecule has 0 aromatic carbocycles. The van der Waals surface area contributed by atoms with Gasteiger partial charge < -0.3 is 0 Å². The summed E-state index contributed by atoms with van der Waals surface area (Å²) in [5.41, 5.74) is 7.87. The summed E-state index contributed by atoms with van der Waals surface area (Å²) in [4.78, 5) is 2.65.